The highest BCUT2D eigenvalue weighted by Gasteiger charge is 2.22. The summed E-state index contributed by atoms with van der Waals surface area (Å²) in [6.07, 6.45) is 2.27. The third-order valence-electron chi connectivity index (χ3n) is 2.73. The van der Waals surface area contributed by atoms with E-state index in [4.69, 9.17) is 5.73 Å². The van der Waals surface area contributed by atoms with Crippen LogP contribution in [0.4, 0.5) is 0 Å². The predicted molar refractivity (Wildman–Crippen MR) is 58.4 cm³/mol. The Bertz CT molecular complexity index is 258. The number of carbonyl (C=O) groups is 2. The molecule has 0 aromatic carbocycles. The van der Waals surface area contributed by atoms with Gasteiger partial charge in [-0.25, -0.2) is 0 Å². The first-order valence-corrected chi connectivity index (χ1v) is 5.53. The number of rotatable bonds is 5. The van der Waals surface area contributed by atoms with Crippen molar-refractivity contribution in [3.63, 3.8) is 0 Å². The van der Waals surface area contributed by atoms with E-state index in [1.807, 2.05) is 0 Å². The van der Waals surface area contributed by atoms with Gasteiger partial charge in [-0.05, 0) is 25.2 Å². The summed E-state index contributed by atoms with van der Waals surface area (Å²) in [6, 6.07) is 0. The molecule has 16 heavy (non-hydrogen) atoms. The van der Waals surface area contributed by atoms with Crippen molar-refractivity contribution in [2.75, 3.05) is 19.6 Å². The average Bonchev–Trinajstić information content (AvgIpc) is 2.69. The summed E-state index contributed by atoms with van der Waals surface area (Å²) in [7, 11) is 0. The number of carbonyl (C=O) groups excluding carboxylic acids is 2. The maximum absolute atomic E-state index is 11.3. The highest BCUT2D eigenvalue weighted by atomic mass is 16.3. The largest absolute Gasteiger partial charge is 0.393 e. The molecule has 6 heteroatoms. The molecule has 0 aliphatic heterocycles. The van der Waals surface area contributed by atoms with Crippen LogP contribution in [-0.4, -0.2) is 42.7 Å². The van der Waals surface area contributed by atoms with Gasteiger partial charge in [0.2, 0.25) is 11.8 Å². The Morgan fingerprint density at radius 1 is 1.25 bits per heavy atom. The molecule has 1 aliphatic rings. The number of aliphatic hydroxyl groups excluding tert-OH is 1. The summed E-state index contributed by atoms with van der Waals surface area (Å²) in [5, 5.41) is 14.4. The molecule has 2 amide bonds. The number of amides is 2. The molecule has 5 N–H and O–H groups in total. The van der Waals surface area contributed by atoms with Gasteiger partial charge in [-0.15, -0.1) is 0 Å². The number of hydrogen-bond acceptors (Lipinski definition) is 4. The maximum atomic E-state index is 11.3. The first-order valence-electron chi connectivity index (χ1n) is 5.53. The molecule has 0 aromatic rings. The first-order chi connectivity index (χ1) is 7.61. The number of hydrogen-bond donors (Lipinski definition) is 4. The molecule has 0 heterocycles. The highest BCUT2D eigenvalue weighted by Crippen LogP contribution is 2.24. The van der Waals surface area contributed by atoms with Crippen molar-refractivity contribution in [2.45, 2.75) is 25.4 Å². The van der Waals surface area contributed by atoms with Gasteiger partial charge >= 0.3 is 0 Å². The van der Waals surface area contributed by atoms with E-state index in [9.17, 15) is 14.7 Å². The van der Waals surface area contributed by atoms with Crippen LogP contribution in [0.3, 0.4) is 0 Å². The normalized spacial score (nSPS) is 24.1. The summed E-state index contributed by atoms with van der Waals surface area (Å²) >= 11 is 0. The van der Waals surface area contributed by atoms with E-state index < -0.39 is 0 Å². The van der Waals surface area contributed by atoms with Crippen LogP contribution in [0.2, 0.25) is 0 Å². The lowest BCUT2D eigenvalue weighted by Crippen LogP contribution is -2.40. The van der Waals surface area contributed by atoms with Crippen LogP contribution in [0.1, 0.15) is 19.3 Å². The lowest BCUT2D eigenvalue weighted by molar-refractivity contribution is -0.125. The van der Waals surface area contributed by atoms with Gasteiger partial charge in [0.05, 0.1) is 19.2 Å². The van der Waals surface area contributed by atoms with Gasteiger partial charge in [0, 0.05) is 6.54 Å². The molecule has 2 unspecified atom stereocenters. The van der Waals surface area contributed by atoms with Gasteiger partial charge in [0.25, 0.3) is 0 Å². The molecule has 1 aliphatic carbocycles. The summed E-state index contributed by atoms with van der Waals surface area (Å²) < 4.78 is 0. The molecular formula is C10H19N3O3. The molecule has 6 nitrogen and oxygen atoms in total. The summed E-state index contributed by atoms with van der Waals surface area (Å²) in [6.45, 7) is 0.418. The molecule has 0 aromatic heterocycles. The lowest BCUT2D eigenvalue weighted by Gasteiger charge is -2.11. The van der Waals surface area contributed by atoms with Gasteiger partial charge in [-0.3, -0.25) is 9.59 Å². The fourth-order valence-electron chi connectivity index (χ4n) is 1.81. The van der Waals surface area contributed by atoms with E-state index in [2.05, 4.69) is 10.6 Å². The van der Waals surface area contributed by atoms with Crippen LogP contribution < -0.4 is 16.4 Å². The quantitative estimate of drug-likeness (QED) is 0.453. The minimum Gasteiger partial charge on any atom is -0.393 e. The van der Waals surface area contributed by atoms with E-state index in [1.54, 1.807) is 0 Å². The summed E-state index contributed by atoms with van der Waals surface area (Å²) in [4.78, 5) is 22.0. The minimum atomic E-state index is -0.341. The fraction of sp³-hybridized carbons (Fsp3) is 0.800. The molecule has 92 valence electrons. The topological polar surface area (TPSA) is 104 Å². The highest BCUT2D eigenvalue weighted by molar-refractivity contribution is 5.85. The van der Waals surface area contributed by atoms with Crippen molar-refractivity contribution < 1.29 is 14.7 Å². The molecule has 0 spiro atoms. The third-order valence-corrected chi connectivity index (χ3v) is 2.73. The SMILES string of the molecule is NCC(=O)NCC(=O)NCC1CCC(O)C1. The van der Waals surface area contributed by atoms with Crippen molar-refractivity contribution in [1.82, 2.24) is 10.6 Å². The van der Waals surface area contributed by atoms with E-state index in [0.717, 1.165) is 19.3 Å². The van der Waals surface area contributed by atoms with Gasteiger partial charge in [-0.1, -0.05) is 0 Å². The summed E-state index contributed by atoms with van der Waals surface area (Å²) in [5.41, 5.74) is 5.08. The number of nitrogens with one attached hydrogen (secondary N) is 2. The molecule has 0 saturated heterocycles. The van der Waals surface area contributed by atoms with Gasteiger partial charge in [0.15, 0.2) is 0 Å². The zero-order valence-corrected chi connectivity index (χ0v) is 9.24. The van der Waals surface area contributed by atoms with Crippen molar-refractivity contribution in [1.29, 1.82) is 0 Å². The monoisotopic (exact) mass is 229 g/mol. The molecule has 1 rings (SSSR count). The van der Waals surface area contributed by atoms with Gasteiger partial charge in [0.1, 0.15) is 0 Å². The van der Waals surface area contributed by atoms with Gasteiger partial charge < -0.3 is 21.5 Å². The second-order valence-corrected chi connectivity index (χ2v) is 4.12. The van der Waals surface area contributed by atoms with Crippen molar-refractivity contribution in [3.8, 4) is 0 Å². The van der Waals surface area contributed by atoms with Crippen LogP contribution in [0.5, 0.6) is 0 Å². The van der Waals surface area contributed by atoms with Crippen LogP contribution in [0.25, 0.3) is 0 Å². The van der Waals surface area contributed by atoms with Crippen molar-refractivity contribution in [2.24, 2.45) is 11.7 Å². The summed E-state index contributed by atoms with van der Waals surface area (Å²) in [5.74, 6) is -0.209. The second kappa shape index (κ2) is 6.44. The fourth-order valence-corrected chi connectivity index (χ4v) is 1.81. The van der Waals surface area contributed by atoms with Crippen molar-refractivity contribution >= 4 is 11.8 Å². The molecule has 0 radical (unpaired) electrons. The average molecular weight is 229 g/mol. The lowest BCUT2D eigenvalue weighted by atomic mass is 10.1. The Morgan fingerprint density at radius 2 is 2.00 bits per heavy atom. The van der Waals surface area contributed by atoms with Crippen LogP contribution in [0, 0.1) is 5.92 Å². The third kappa shape index (κ3) is 4.59. The smallest absolute Gasteiger partial charge is 0.239 e. The zero-order chi connectivity index (χ0) is 12.0. The molecule has 2 atom stereocenters. The van der Waals surface area contributed by atoms with Crippen LogP contribution in [-0.2, 0) is 9.59 Å². The standard InChI is InChI=1S/C10H19N3O3/c11-4-9(15)13-6-10(16)12-5-7-1-2-8(14)3-7/h7-8,14H,1-6,11H2,(H,12,16)(H,13,15). The molecule has 0 bridgehead atoms. The van der Waals surface area contributed by atoms with Crippen LogP contribution >= 0.6 is 0 Å². The number of nitrogens with two attached hydrogens (primary N) is 1. The van der Waals surface area contributed by atoms with E-state index in [1.165, 1.54) is 0 Å². The molecular weight excluding hydrogens is 210 g/mol. The number of aliphatic hydroxyl groups is 1. The van der Waals surface area contributed by atoms with Crippen molar-refractivity contribution in [3.05, 3.63) is 0 Å². The maximum Gasteiger partial charge on any atom is 0.239 e. The van der Waals surface area contributed by atoms with Crippen LogP contribution in [0.15, 0.2) is 0 Å². The van der Waals surface area contributed by atoms with Gasteiger partial charge in [-0.2, -0.15) is 0 Å². The Hall–Kier alpha value is -1.14. The van der Waals surface area contributed by atoms with E-state index in [-0.39, 0.29) is 31.0 Å². The van der Waals surface area contributed by atoms with E-state index >= 15 is 0 Å². The molecule has 1 fully saturated rings. The predicted octanol–water partition coefficient (Wildman–Crippen LogP) is -1.66. The first kappa shape index (κ1) is 12.9. The van der Waals surface area contributed by atoms with E-state index in [0.29, 0.717) is 12.5 Å². The Labute approximate surface area is 94.6 Å². The minimum absolute atomic E-state index is 0.0364. The Balaban J connectivity index is 2.08. The molecule has 1 saturated carbocycles. The Kier molecular flexibility index (Phi) is 5.21. The second-order valence-electron chi connectivity index (χ2n) is 4.12. The Morgan fingerprint density at radius 3 is 2.56 bits per heavy atom. The zero-order valence-electron chi connectivity index (χ0n) is 9.24.